The monoisotopic (exact) mass is 496 g/mol. The molecule has 0 amide bonds. The van der Waals surface area contributed by atoms with Gasteiger partial charge in [-0.2, -0.15) is 13.2 Å². The standard InChI is InChI=1S/C25H35F3N4O3/c1-15(2)14-32(18-6-8-19(35-4)9-7-18)21-10-5-17(16(3)11-23(33)34)12-20(21)30-24-29-13-22(31-24)25(26,27)28/h5,10,12-13,15-16,18-19H,6-9,11,14H2,1-4H3,(H,33,34)(H2,29,30,31)/t16-,18?,19?/m1/s1. The van der Waals surface area contributed by atoms with E-state index in [0.29, 0.717) is 11.6 Å². The van der Waals surface area contributed by atoms with Gasteiger partial charge in [0.15, 0.2) is 0 Å². The molecule has 1 aliphatic carbocycles. The Morgan fingerprint density at radius 3 is 2.49 bits per heavy atom. The summed E-state index contributed by atoms with van der Waals surface area (Å²) in [6.07, 6.45) is 0.205. The number of aliphatic carboxylic acids is 1. The maximum absolute atomic E-state index is 13.1. The molecule has 1 aromatic heterocycles. The van der Waals surface area contributed by atoms with Crippen molar-refractivity contribution in [3.8, 4) is 0 Å². The summed E-state index contributed by atoms with van der Waals surface area (Å²) in [4.78, 5) is 19.8. The lowest BCUT2D eigenvalue weighted by atomic mass is 9.90. The molecule has 3 N–H and O–H groups in total. The number of carbonyl (C=O) groups is 1. The average molecular weight is 497 g/mol. The average Bonchev–Trinajstić information content (AvgIpc) is 3.26. The summed E-state index contributed by atoms with van der Waals surface area (Å²) in [5.41, 5.74) is 1.30. The van der Waals surface area contributed by atoms with Gasteiger partial charge in [0, 0.05) is 19.7 Å². The number of H-pyrrole nitrogens is 1. The van der Waals surface area contributed by atoms with Crippen LogP contribution in [-0.2, 0) is 15.7 Å². The largest absolute Gasteiger partial charge is 0.481 e. The number of halogens is 3. The Bertz CT molecular complexity index is 985. The number of methoxy groups -OCH3 is 1. The summed E-state index contributed by atoms with van der Waals surface area (Å²) in [6.45, 7) is 6.85. The molecule has 0 bridgehead atoms. The number of imidazole rings is 1. The van der Waals surface area contributed by atoms with Crippen molar-refractivity contribution in [3.05, 3.63) is 35.7 Å². The van der Waals surface area contributed by atoms with Crippen LogP contribution in [0.4, 0.5) is 30.5 Å². The van der Waals surface area contributed by atoms with E-state index in [1.54, 1.807) is 7.11 Å². The number of anilines is 3. The lowest BCUT2D eigenvalue weighted by Crippen LogP contribution is -2.41. The first-order chi connectivity index (χ1) is 16.5. The Morgan fingerprint density at radius 1 is 1.26 bits per heavy atom. The van der Waals surface area contributed by atoms with E-state index in [1.165, 1.54) is 0 Å². The molecule has 194 valence electrons. The maximum atomic E-state index is 13.1. The van der Waals surface area contributed by atoms with Crippen molar-refractivity contribution in [2.24, 2.45) is 5.92 Å². The van der Waals surface area contributed by atoms with E-state index in [4.69, 9.17) is 4.74 Å². The Morgan fingerprint density at radius 2 is 1.94 bits per heavy atom. The number of hydrogen-bond acceptors (Lipinski definition) is 5. The normalized spacial score (nSPS) is 19.5. The van der Waals surface area contributed by atoms with Crippen molar-refractivity contribution < 1.29 is 27.8 Å². The summed E-state index contributed by atoms with van der Waals surface area (Å²) in [6, 6.07) is 5.93. The number of carboxylic acids is 1. The molecular formula is C25H35F3N4O3. The zero-order valence-corrected chi connectivity index (χ0v) is 20.7. The van der Waals surface area contributed by atoms with E-state index < -0.39 is 17.8 Å². The van der Waals surface area contributed by atoms with Gasteiger partial charge in [-0.1, -0.05) is 26.8 Å². The molecule has 0 aliphatic heterocycles. The van der Waals surface area contributed by atoms with Crippen LogP contribution in [0.25, 0.3) is 0 Å². The lowest BCUT2D eigenvalue weighted by molar-refractivity contribution is -0.141. The SMILES string of the molecule is COC1CCC(N(CC(C)C)c2ccc([C@H](C)CC(=O)O)cc2Nc2ncc(C(F)(F)F)[nH]2)CC1. The van der Waals surface area contributed by atoms with Crippen LogP contribution in [-0.4, -0.2) is 46.8 Å². The van der Waals surface area contributed by atoms with Crippen molar-refractivity contribution >= 4 is 23.3 Å². The number of carboxylic acid groups (broad SMARTS) is 1. The van der Waals surface area contributed by atoms with Crippen LogP contribution in [0.3, 0.4) is 0 Å². The maximum Gasteiger partial charge on any atom is 0.432 e. The Balaban J connectivity index is 1.99. The molecule has 0 unspecified atom stereocenters. The lowest BCUT2D eigenvalue weighted by Gasteiger charge is -2.40. The van der Waals surface area contributed by atoms with E-state index >= 15 is 0 Å². The predicted molar refractivity (Wildman–Crippen MR) is 129 cm³/mol. The molecule has 35 heavy (non-hydrogen) atoms. The fraction of sp³-hybridized carbons (Fsp3) is 0.600. The highest BCUT2D eigenvalue weighted by molar-refractivity contribution is 5.75. The van der Waals surface area contributed by atoms with Crippen LogP contribution in [0.5, 0.6) is 0 Å². The van der Waals surface area contributed by atoms with Gasteiger partial charge in [-0.15, -0.1) is 0 Å². The first-order valence-electron chi connectivity index (χ1n) is 12.0. The number of aromatic nitrogens is 2. The molecule has 1 fully saturated rings. The third kappa shape index (κ3) is 7.13. The van der Waals surface area contributed by atoms with Gasteiger partial charge in [0.2, 0.25) is 5.95 Å². The number of alkyl halides is 3. The quantitative estimate of drug-likeness (QED) is 0.364. The topological polar surface area (TPSA) is 90.5 Å². The third-order valence-corrected chi connectivity index (χ3v) is 6.49. The fourth-order valence-corrected chi connectivity index (χ4v) is 4.68. The van der Waals surface area contributed by atoms with Gasteiger partial charge in [-0.25, -0.2) is 4.98 Å². The van der Waals surface area contributed by atoms with Gasteiger partial charge in [0.1, 0.15) is 5.69 Å². The molecule has 0 spiro atoms. The number of nitrogens with one attached hydrogen (secondary N) is 2. The molecule has 1 saturated carbocycles. The summed E-state index contributed by atoms with van der Waals surface area (Å²) < 4.78 is 44.9. The minimum atomic E-state index is -4.53. The van der Waals surface area contributed by atoms with E-state index in [-0.39, 0.29) is 30.4 Å². The molecule has 10 heteroatoms. The van der Waals surface area contributed by atoms with E-state index in [2.05, 4.69) is 34.0 Å². The van der Waals surface area contributed by atoms with Gasteiger partial charge >= 0.3 is 12.1 Å². The van der Waals surface area contributed by atoms with Crippen LogP contribution in [0.1, 0.15) is 70.1 Å². The van der Waals surface area contributed by atoms with Crippen molar-refractivity contribution in [3.63, 3.8) is 0 Å². The fourth-order valence-electron chi connectivity index (χ4n) is 4.68. The highest BCUT2D eigenvalue weighted by Gasteiger charge is 2.33. The second-order valence-corrected chi connectivity index (χ2v) is 9.76. The van der Waals surface area contributed by atoms with E-state index in [0.717, 1.165) is 49.7 Å². The minimum Gasteiger partial charge on any atom is -0.481 e. The number of ether oxygens (including phenoxy) is 1. The summed E-state index contributed by atoms with van der Waals surface area (Å²) in [5, 5.41) is 12.3. The van der Waals surface area contributed by atoms with Crippen molar-refractivity contribution in [1.82, 2.24) is 9.97 Å². The number of hydrogen-bond donors (Lipinski definition) is 3. The van der Waals surface area contributed by atoms with Crippen LogP contribution in [0.2, 0.25) is 0 Å². The van der Waals surface area contributed by atoms with Gasteiger partial charge in [-0.3, -0.25) is 4.79 Å². The molecule has 3 rings (SSSR count). The van der Waals surface area contributed by atoms with Crippen molar-refractivity contribution in [2.75, 3.05) is 23.9 Å². The first-order valence-corrected chi connectivity index (χ1v) is 12.0. The van der Waals surface area contributed by atoms with Gasteiger partial charge < -0.3 is 25.0 Å². The van der Waals surface area contributed by atoms with Crippen LogP contribution < -0.4 is 10.2 Å². The van der Waals surface area contributed by atoms with Crippen molar-refractivity contribution in [2.45, 2.75) is 77.1 Å². The second kappa shape index (κ2) is 11.3. The minimum absolute atomic E-state index is 0.0193. The Kier molecular flexibility index (Phi) is 8.69. The van der Waals surface area contributed by atoms with Gasteiger partial charge in [0.05, 0.1) is 30.1 Å². The number of rotatable bonds is 10. The van der Waals surface area contributed by atoms with Crippen LogP contribution in [0.15, 0.2) is 24.4 Å². The molecule has 7 nitrogen and oxygen atoms in total. The predicted octanol–water partition coefficient (Wildman–Crippen LogP) is 6.17. The Labute approximate surface area is 204 Å². The molecule has 1 atom stereocenters. The summed E-state index contributed by atoms with van der Waals surface area (Å²) in [5.74, 6) is -0.836. The third-order valence-electron chi connectivity index (χ3n) is 6.49. The first kappa shape index (κ1) is 26.8. The van der Waals surface area contributed by atoms with Crippen LogP contribution in [0, 0.1) is 5.92 Å². The molecule has 1 heterocycles. The van der Waals surface area contributed by atoms with E-state index in [1.807, 2.05) is 25.1 Å². The second-order valence-electron chi connectivity index (χ2n) is 9.76. The molecule has 1 aromatic carbocycles. The number of nitrogens with zero attached hydrogens (tertiary/aromatic N) is 2. The zero-order valence-electron chi connectivity index (χ0n) is 20.7. The smallest absolute Gasteiger partial charge is 0.432 e. The summed E-state index contributed by atoms with van der Waals surface area (Å²) >= 11 is 0. The van der Waals surface area contributed by atoms with Crippen molar-refractivity contribution in [1.29, 1.82) is 0 Å². The zero-order chi connectivity index (χ0) is 25.8. The van der Waals surface area contributed by atoms with Gasteiger partial charge in [0.25, 0.3) is 0 Å². The summed E-state index contributed by atoms with van der Waals surface area (Å²) in [7, 11) is 1.73. The molecule has 1 aliphatic rings. The highest BCUT2D eigenvalue weighted by Crippen LogP contribution is 2.38. The highest BCUT2D eigenvalue weighted by atomic mass is 19.4. The molecular weight excluding hydrogens is 461 g/mol. The van der Waals surface area contributed by atoms with Gasteiger partial charge in [-0.05, 0) is 55.2 Å². The van der Waals surface area contributed by atoms with E-state index in [9.17, 15) is 23.1 Å². The Hall–Kier alpha value is -2.75. The van der Waals surface area contributed by atoms with Crippen LogP contribution >= 0.6 is 0 Å². The molecule has 0 radical (unpaired) electrons. The molecule has 2 aromatic rings. The molecule has 0 saturated heterocycles. The number of aromatic amines is 1. The number of benzene rings is 1.